The Morgan fingerprint density at radius 3 is 1.96 bits per heavy atom. The molecule has 6 nitrogen and oxygen atoms in total. The number of phosphoric acid groups is 1. The Morgan fingerprint density at radius 1 is 0.913 bits per heavy atom. The summed E-state index contributed by atoms with van der Waals surface area (Å²) in [6.45, 7) is 8.08. The maximum Gasteiger partial charge on any atom is 0.609 e. The van der Waals surface area contributed by atoms with Crippen molar-refractivity contribution in [3.05, 3.63) is 34.4 Å². The minimum atomic E-state index is -3.79. The molecular formula is C16H17N2O4P. The van der Waals surface area contributed by atoms with Crippen LogP contribution in [0.1, 0.15) is 22.3 Å². The lowest BCUT2D eigenvalue weighted by atomic mass is 9.87. The summed E-state index contributed by atoms with van der Waals surface area (Å²) in [5.41, 5.74) is 16.0. The van der Waals surface area contributed by atoms with Crippen molar-refractivity contribution in [2.24, 2.45) is 0 Å². The third-order valence-corrected chi connectivity index (χ3v) is 5.80. The SMILES string of the molecule is Cc1c(C)c2c(C)c(C)c1NOP1(=O)Oc3cc(N)cc(c3-2)O1. The summed E-state index contributed by atoms with van der Waals surface area (Å²) in [6, 6.07) is 3.30. The molecule has 7 rings (SSSR count). The number of phosphoric ester groups is 1. The molecule has 3 N–H and O–H groups in total. The second-order valence-corrected chi connectivity index (χ2v) is 7.41. The molecule has 0 fully saturated rings. The third kappa shape index (κ3) is 1.89. The van der Waals surface area contributed by atoms with Gasteiger partial charge in [0.25, 0.3) is 0 Å². The fourth-order valence-corrected chi connectivity index (χ4v) is 4.32. The minimum Gasteiger partial charge on any atom is -0.399 e. The molecule has 0 saturated heterocycles. The first-order valence-electron chi connectivity index (χ1n) is 7.29. The monoisotopic (exact) mass is 332 g/mol. The Hall–Kier alpha value is -2.17. The molecule has 7 heteroatoms. The van der Waals surface area contributed by atoms with Gasteiger partial charge in [0.15, 0.2) is 0 Å². The molecule has 0 atom stereocenters. The predicted molar refractivity (Wildman–Crippen MR) is 88.8 cm³/mol. The quantitative estimate of drug-likeness (QED) is 0.549. The van der Waals surface area contributed by atoms with Gasteiger partial charge in [-0.2, -0.15) is 0 Å². The number of nitrogen functional groups attached to an aromatic ring is 1. The summed E-state index contributed by atoms with van der Waals surface area (Å²) in [7, 11) is -3.79. The zero-order chi connectivity index (χ0) is 16.5. The molecule has 5 aliphatic rings. The first kappa shape index (κ1) is 14.4. The van der Waals surface area contributed by atoms with Crippen LogP contribution in [0.25, 0.3) is 11.1 Å². The molecule has 23 heavy (non-hydrogen) atoms. The van der Waals surface area contributed by atoms with Gasteiger partial charge in [-0.05, 0) is 55.5 Å². The van der Waals surface area contributed by atoms with Crippen LogP contribution in [0.3, 0.4) is 0 Å². The molecule has 0 unspecified atom stereocenters. The van der Waals surface area contributed by atoms with Crippen LogP contribution >= 0.6 is 7.82 Å². The van der Waals surface area contributed by atoms with Gasteiger partial charge < -0.3 is 14.8 Å². The topological polar surface area (TPSA) is 82.8 Å². The lowest BCUT2D eigenvalue weighted by Crippen LogP contribution is -2.18. The third-order valence-electron chi connectivity index (χ3n) is 4.64. The summed E-state index contributed by atoms with van der Waals surface area (Å²) in [5.74, 6) is 0.826. The zero-order valence-electron chi connectivity index (χ0n) is 13.3. The summed E-state index contributed by atoms with van der Waals surface area (Å²) in [4.78, 5) is 0. The van der Waals surface area contributed by atoms with E-state index in [1.54, 1.807) is 12.1 Å². The maximum atomic E-state index is 12.7. The lowest BCUT2D eigenvalue weighted by Gasteiger charge is -2.32. The smallest absolute Gasteiger partial charge is 0.399 e. The first-order valence-corrected chi connectivity index (χ1v) is 8.75. The number of rotatable bonds is 0. The highest BCUT2D eigenvalue weighted by Crippen LogP contribution is 2.61. The average Bonchev–Trinajstić information content (AvgIpc) is 2.46. The van der Waals surface area contributed by atoms with E-state index in [0.29, 0.717) is 17.2 Å². The van der Waals surface area contributed by atoms with E-state index in [1.165, 1.54) is 0 Å². The van der Waals surface area contributed by atoms with E-state index in [1.807, 2.05) is 27.7 Å². The highest BCUT2D eigenvalue weighted by molar-refractivity contribution is 7.49. The number of nitrogens with one attached hydrogen (secondary N) is 1. The molecule has 2 aromatic rings. The van der Waals surface area contributed by atoms with E-state index in [0.717, 1.165) is 39.1 Å². The van der Waals surface area contributed by atoms with E-state index >= 15 is 0 Å². The van der Waals surface area contributed by atoms with Gasteiger partial charge in [0.05, 0.1) is 11.3 Å². The average molecular weight is 332 g/mol. The van der Waals surface area contributed by atoms with Crippen molar-refractivity contribution in [2.75, 3.05) is 11.2 Å². The summed E-state index contributed by atoms with van der Waals surface area (Å²) < 4.78 is 29.1. The number of benzene rings is 2. The molecule has 120 valence electrons. The molecule has 0 radical (unpaired) electrons. The highest BCUT2D eigenvalue weighted by atomic mass is 31.2. The van der Waals surface area contributed by atoms with Crippen molar-refractivity contribution in [3.8, 4) is 22.6 Å². The fraction of sp³-hybridized carbons (Fsp3) is 0.250. The van der Waals surface area contributed by atoms with Crippen LogP contribution in [0, 0.1) is 27.7 Å². The number of hydrogen-bond donors (Lipinski definition) is 2. The molecule has 5 aliphatic heterocycles. The van der Waals surface area contributed by atoms with E-state index in [9.17, 15) is 4.57 Å². The van der Waals surface area contributed by atoms with Crippen LogP contribution in [0.15, 0.2) is 12.1 Å². The Kier molecular flexibility index (Phi) is 2.78. The van der Waals surface area contributed by atoms with Gasteiger partial charge >= 0.3 is 7.82 Å². The van der Waals surface area contributed by atoms with Crippen LogP contribution in [0.4, 0.5) is 11.4 Å². The van der Waals surface area contributed by atoms with Gasteiger partial charge in [0.2, 0.25) is 0 Å². The molecule has 0 aliphatic carbocycles. The molecule has 2 aromatic carbocycles. The highest BCUT2D eigenvalue weighted by Gasteiger charge is 2.41. The zero-order valence-corrected chi connectivity index (χ0v) is 14.2. The molecule has 5 heterocycles. The second kappa shape index (κ2) is 4.43. The molecular weight excluding hydrogens is 315 g/mol. The fourth-order valence-electron chi connectivity index (χ4n) is 3.24. The maximum absolute atomic E-state index is 12.7. The van der Waals surface area contributed by atoms with E-state index in [-0.39, 0.29) is 0 Å². The Labute approximate surface area is 134 Å². The van der Waals surface area contributed by atoms with Crippen LogP contribution in [-0.4, -0.2) is 0 Å². The molecule has 0 amide bonds. The first-order chi connectivity index (χ1) is 10.8. The molecule has 6 bridgehead atoms. The van der Waals surface area contributed by atoms with Gasteiger partial charge in [-0.1, -0.05) is 0 Å². The molecule has 0 saturated carbocycles. The van der Waals surface area contributed by atoms with E-state index < -0.39 is 7.82 Å². The van der Waals surface area contributed by atoms with Gasteiger partial charge in [-0.3, -0.25) is 5.48 Å². The summed E-state index contributed by atoms with van der Waals surface area (Å²) >= 11 is 0. The molecule has 0 aromatic heterocycles. The Morgan fingerprint density at radius 2 is 1.43 bits per heavy atom. The van der Waals surface area contributed by atoms with Gasteiger partial charge in [-0.15, -0.1) is 4.62 Å². The van der Waals surface area contributed by atoms with Crippen molar-refractivity contribution in [1.29, 1.82) is 0 Å². The van der Waals surface area contributed by atoms with Crippen molar-refractivity contribution >= 4 is 19.2 Å². The van der Waals surface area contributed by atoms with Crippen LogP contribution in [0.2, 0.25) is 0 Å². The largest absolute Gasteiger partial charge is 0.609 e. The number of hydrogen-bond acceptors (Lipinski definition) is 6. The van der Waals surface area contributed by atoms with Crippen molar-refractivity contribution in [3.63, 3.8) is 0 Å². The van der Waals surface area contributed by atoms with Crippen molar-refractivity contribution in [1.82, 2.24) is 0 Å². The van der Waals surface area contributed by atoms with Crippen molar-refractivity contribution < 1.29 is 18.2 Å². The Balaban J connectivity index is 2.19. The van der Waals surface area contributed by atoms with Crippen molar-refractivity contribution in [2.45, 2.75) is 27.7 Å². The van der Waals surface area contributed by atoms with Gasteiger partial charge in [-0.25, -0.2) is 4.57 Å². The number of nitrogens with two attached hydrogens (primary N) is 1. The van der Waals surface area contributed by atoms with E-state index in [4.69, 9.17) is 19.4 Å². The predicted octanol–water partition coefficient (Wildman–Crippen LogP) is 4.41. The number of anilines is 2. The summed E-state index contributed by atoms with van der Waals surface area (Å²) in [5, 5.41) is 0. The minimum absolute atomic E-state index is 0.413. The van der Waals surface area contributed by atoms with E-state index in [2.05, 4.69) is 5.48 Å². The standard InChI is InChI=1S/C16H17N2O4P/c1-7-9(3)16-10(4)8(2)14(7)15-12-5-11(17)6-13(15)21-23(19,20-12)22-18-16/h5-6,18H,17H2,1-4H3. The van der Waals surface area contributed by atoms with Gasteiger partial charge in [0.1, 0.15) is 11.5 Å². The summed E-state index contributed by atoms with van der Waals surface area (Å²) in [6.07, 6.45) is 0. The normalized spacial score (nSPS) is 16.5. The molecule has 0 spiro atoms. The van der Waals surface area contributed by atoms with Crippen LogP contribution < -0.4 is 20.3 Å². The second-order valence-electron chi connectivity index (χ2n) is 5.97. The van der Waals surface area contributed by atoms with Gasteiger partial charge in [0, 0.05) is 17.8 Å². The Bertz CT molecular complexity index is 863. The van der Waals surface area contributed by atoms with Crippen LogP contribution in [0.5, 0.6) is 11.5 Å². The lowest BCUT2D eigenvalue weighted by molar-refractivity contribution is 0.240. The van der Waals surface area contributed by atoms with Crippen LogP contribution in [-0.2, 0) is 9.19 Å².